The van der Waals surface area contributed by atoms with Crippen LogP contribution in [0.2, 0.25) is 0 Å². The van der Waals surface area contributed by atoms with Gasteiger partial charge in [0.15, 0.2) is 0 Å². The molecule has 0 radical (unpaired) electrons. The minimum absolute atomic E-state index is 0.184. The summed E-state index contributed by atoms with van der Waals surface area (Å²) in [7, 11) is 0. The number of halogens is 2. The van der Waals surface area contributed by atoms with Gasteiger partial charge in [0.25, 0.3) is 0 Å². The summed E-state index contributed by atoms with van der Waals surface area (Å²) in [6, 6.07) is 5.49. The Kier molecular flexibility index (Phi) is 2.05. The van der Waals surface area contributed by atoms with Gasteiger partial charge >= 0.3 is 0 Å². The maximum atomic E-state index is 13.1. The van der Waals surface area contributed by atoms with E-state index in [-0.39, 0.29) is 5.82 Å². The third-order valence-electron chi connectivity index (χ3n) is 1.89. The van der Waals surface area contributed by atoms with E-state index in [1.54, 1.807) is 6.07 Å². The number of benzene rings is 1. The van der Waals surface area contributed by atoms with Gasteiger partial charge in [-0.3, -0.25) is 0 Å². The number of hydrogen-bond acceptors (Lipinski definition) is 1. The number of para-hydroxylation sites is 1. The van der Waals surface area contributed by atoms with Crippen LogP contribution in [-0.4, -0.2) is 6.04 Å². The zero-order valence-corrected chi connectivity index (χ0v) is 8.07. The van der Waals surface area contributed by atoms with Crippen molar-refractivity contribution in [3.05, 3.63) is 28.5 Å². The highest BCUT2D eigenvalue weighted by Crippen LogP contribution is 2.31. The van der Waals surface area contributed by atoms with Gasteiger partial charge in [-0.2, -0.15) is 0 Å². The molecular weight excluding hydrogens is 221 g/mol. The van der Waals surface area contributed by atoms with Crippen molar-refractivity contribution in [2.24, 2.45) is 0 Å². The summed E-state index contributed by atoms with van der Waals surface area (Å²) in [6.07, 6.45) is 2.31. The quantitative estimate of drug-likeness (QED) is 0.822. The maximum absolute atomic E-state index is 13.1. The van der Waals surface area contributed by atoms with E-state index in [1.165, 1.54) is 6.07 Å². The van der Waals surface area contributed by atoms with Gasteiger partial charge in [-0.25, -0.2) is 4.39 Å². The number of nitrogens with one attached hydrogen (secondary N) is 1. The van der Waals surface area contributed by atoms with E-state index < -0.39 is 0 Å². The molecule has 0 heterocycles. The Labute approximate surface area is 79.1 Å². The van der Waals surface area contributed by atoms with Gasteiger partial charge in [0.1, 0.15) is 5.82 Å². The van der Waals surface area contributed by atoms with Crippen LogP contribution >= 0.6 is 15.9 Å². The molecule has 1 aliphatic rings. The minimum atomic E-state index is -0.184. The molecule has 1 fully saturated rings. The van der Waals surface area contributed by atoms with Crippen molar-refractivity contribution >= 4 is 21.6 Å². The Morgan fingerprint density at radius 2 is 2.17 bits per heavy atom. The Bertz CT molecular complexity index is 276. The molecule has 3 heteroatoms. The van der Waals surface area contributed by atoms with Crippen molar-refractivity contribution in [3.63, 3.8) is 0 Å². The number of hydrogen-bond donors (Lipinski definition) is 1. The van der Waals surface area contributed by atoms with Crippen LogP contribution in [0.1, 0.15) is 12.8 Å². The fraction of sp³-hybridized carbons (Fsp3) is 0.333. The molecule has 0 saturated heterocycles. The molecule has 1 aromatic rings. The number of rotatable bonds is 2. The summed E-state index contributed by atoms with van der Waals surface area (Å²) in [5, 5.41) is 3.13. The van der Waals surface area contributed by atoms with Crippen LogP contribution in [0.4, 0.5) is 10.1 Å². The minimum Gasteiger partial charge on any atom is -0.379 e. The van der Waals surface area contributed by atoms with Crippen molar-refractivity contribution < 1.29 is 4.39 Å². The van der Waals surface area contributed by atoms with Gasteiger partial charge in [0, 0.05) is 10.5 Å². The second-order valence-corrected chi connectivity index (χ2v) is 3.87. The first-order valence-corrected chi connectivity index (χ1v) is 4.77. The first-order valence-electron chi connectivity index (χ1n) is 3.98. The molecule has 1 aliphatic carbocycles. The second kappa shape index (κ2) is 3.05. The Hall–Kier alpha value is -0.570. The van der Waals surface area contributed by atoms with E-state index in [0.29, 0.717) is 11.7 Å². The summed E-state index contributed by atoms with van der Waals surface area (Å²) in [5.74, 6) is -0.184. The second-order valence-electron chi connectivity index (χ2n) is 3.02. The van der Waals surface area contributed by atoms with Crippen molar-refractivity contribution in [2.75, 3.05) is 5.32 Å². The van der Waals surface area contributed by atoms with Crippen LogP contribution < -0.4 is 5.32 Å². The van der Waals surface area contributed by atoms with Gasteiger partial charge in [-0.15, -0.1) is 0 Å². The van der Waals surface area contributed by atoms with Crippen LogP contribution in [0, 0.1) is 5.82 Å². The lowest BCUT2D eigenvalue weighted by Gasteiger charge is -2.07. The molecule has 0 amide bonds. The van der Waals surface area contributed by atoms with Crippen LogP contribution in [0.5, 0.6) is 0 Å². The molecule has 0 atom stereocenters. The fourth-order valence-corrected chi connectivity index (χ4v) is 1.52. The first-order chi connectivity index (χ1) is 5.77. The van der Waals surface area contributed by atoms with Crippen LogP contribution in [-0.2, 0) is 0 Å². The zero-order valence-electron chi connectivity index (χ0n) is 6.48. The summed E-state index contributed by atoms with van der Waals surface area (Å²) in [5.41, 5.74) is 0.597. The Morgan fingerprint density at radius 3 is 2.75 bits per heavy atom. The highest BCUT2D eigenvalue weighted by Gasteiger charge is 2.22. The highest BCUT2D eigenvalue weighted by atomic mass is 79.9. The number of anilines is 1. The Balaban J connectivity index is 2.26. The van der Waals surface area contributed by atoms with E-state index in [0.717, 1.165) is 17.3 Å². The van der Waals surface area contributed by atoms with Crippen molar-refractivity contribution in [1.82, 2.24) is 0 Å². The van der Waals surface area contributed by atoms with Gasteiger partial charge in [0.05, 0.1) is 5.69 Å². The van der Waals surface area contributed by atoms with Crippen molar-refractivity contribution in [2.45, 2.75) is 18.9 Å². The molecule has 0 bridgehead atoms. The molecule has 1 aromatic carbocycles. The van der Waals surface area contributed by atoms with E-state index >= 15 is 0 Å². The fourth-order valence-electron chi connectivity index (χ4n) is 1.07. The summed E-state index contributed by atoms with van der Waals surface area (Å²) < 4.78 is 13.9. The average Bonchev–Trinajstić information content (AvgIpc) is 2.80. The van der Waals surface area contributed by atoms with E-state index in [9.17, 15) is 4.39 Å². The average molecular weight is 230 g/mol. The summed E-state index contributed by atoms with van der Waals surface area (Å²) in [6.45, 7) is 0. The lowest BCUT2D eigenvalue weighted by Crippen LogP contribution is -2.03. The van der Waals surface area contributed by atoms with Gasteiger partial charge in [-0.1, -0.05) is 6.07 Å². The predicted molar refractivity (Wildman–Crippen MR) is 50.7 cm³/mol. The summed E-state index contributed by atoms with van der Waals surface area (Å²) in [4.78, 5) is 0. The molecule has 2 rings (SSSR count). The standard InChI is InChI=1S/C9H9BrFN/c10-7-2-1-3-8(11)9(7)12-6-4-5-6/h1-3,6,12H,4-5H2. The third-order valence-corrected chi connectivity index (χ3v) is 2.55. The summed E-state index contributed by atoms with van der Waals surface area (Å²) >= 11 is 3.30. The molecule has 64 valence electrons. The van der Waals surface area contributed by atoms with Gasteiger partial charge in [0.2, 0.25) is 0 Å². The topological polar surface area (TPSA) is 12.0 Å². The molecule has 1 nitrogen and oxygen atoms in total. The zero-order chi connectivity index (χ0) is 8.55. The molecule has 12 heavy (non-hydrogen) atoms. The van der Waals surface area contributed by atoms with E-state index in [4.69, 9.17) is 0 Å². The highest BCUT2D eigenvalue weighted by molar-refractivity contribution is 9.10. The predicted octanol–water partition coefficient (Wildman–Crippen LogP) is 3.16. The maximum Gasteiger partial charge on any atom is 0.147 e. The normalized spacial score (nSPS) is 16.2. The molecule has 0 aliphatic heterocycles. The van der Waals surface area contributed by atoms with Crippen LogP contribution in [0.3, 0.4) is 0 Å². The molecule has 0 aromatic heterocycles. The molecule has 1 saturated carbocycles. The van der Waals surface area contributed by atoms with Crippen molar-refractivity contribution in [3.8, 4) is 0 Å². The molecule has 0 spiro atoms. The molecule has 1 N–H and O–H groups in total. The SMILES string of the molecule is Fc1cccc(Br)c1NC1CC1. The lowest BCUT2D eigenvalue weighted by atomic mass is 10.3. The van der Waals surface area contributed by atoms with Gasteiger partial charge in [-0.05, 0) is 40.9 Å². The largest absolute Gasteiger partial charge is 0.379 e. The monoisotopic (exact) mass is 229 g/mol. The first kappa shape index (κ1) is 8.05. The van der Waals surface area contributed by atoms with Crippen molar-refractivity contribution in [1.29, 1.82) is 0 Å². The van der Waals surface area contributed by atoms with Gasteiger partial charge < -0.3 is 5.32 Å². The molecule has 0 unspecified atom stereocenters. The van der Waals surface area contributed by atoms with E-state index in [2.05, 4.69) is 21.2 Å². The van der Waals surface area contributed by atoms with Crippen LogP contribution in [0.15, 0.2) is 22.7 Å². The van der Waals surface area contributed by atoms with Crippen LogP contribution in [0.25, 0.3) is 0 Å². The Morgan fingerprint density at radius 1 is 1.42 bits per heavy atom. The lowest BCUT2D eigenvalue weighted by molar-refractivity contribution is 0.629. The smallest absolute Gasteiger partial charge is 0.147 e. The third kappa shape index (κ3) is 1.61. The molecular formula is C9H9BrFN. The van der Waals surface area contributed by atoms with E-state index in [1.807, 2.05) is 6.07 Å².